The first kappa shape index (κ1) is 19.1. The summed E-state index contributed by atoms with van der Waals surface area (Å²) in [6.07, 6.45) is 2.39. The van der Waals surface area contributed by atoms with Crippen molar-refractivity contribution in [1.29, 1.82) is 0 Å². The smallest absolute Gasteiger partial charge is 0.188 e. The Morgan fingerprint density at radius 1 is 1.53 bits per heavy atom. The number of ether oxygens (including phenoxy) is 1. The van der Waals surface area contributed by atoms with Crippen molar-refractivity contribution in [3.63, 3.8) is 0 Å². The molecular weight excluding hydrogens is 377 g/mol. The highest BCUT2D eigenvalue weighted by atomic mass is 127. The second-order valence-corrected chi connectivity index (χ2v) is 7.77. The van der Waals surface area contributed by atoms with Crippen molar-refractivity contribution >= 4 is 40.7 Å². The largest absolute Gasteiger partial charge is 0.376 e. The van der Waals surface area contributed by atoms with E-state index in [4.69, 9.17) is 10.5 Å². The summed E-state index contributed by atoms with van der Waals surface area (Å²) < 4.78 is 17.1. The molecule has 0 aromatic heterocycles. The van der Waals surface area contributed by atoms with Crippen molar-refractivity contribution in [3.05, 3.63) is 0 Å². The van der Waals surface area contributed by atoms with Crippen LogP contribution in [-0.4, -0.2) is 46.5 Å². The predicted octanol–water partition coefficient (Wildman–Crippen LogP) is 1.23. The van der Waals surface area contributed by atoms with Gasteiger partial charge in [0, 0.05) is 34.5 Å². The Balaban J connectivity index is 0.00000324. The number of nitrogens with one attached hydrogen (secondary N) is 1. The number of halogens is 1. The van der Waals surface area contributed by atoms with Crippen molar-refractivity contribution in [3.8, 4) is 0 Å². The lowest BCUT2D eigenvalue weighted by Crippen LogP contribution is -2.37. The minimum atomic E-state index is -0.857. The molecule has 2 unspecified atom stereocenters. The third-order valence-electron chi connectivity index (χ3n) is 2.77. The van der Waals surface area contributed by atoms with Crippen LogP contribution in [0.15, 0.2) is 4.99 Å². The quantitative estimate of drug-likeness (QED) is 0.412. The number of nitrogens with zero attached hydrogens (tertiary/aromatic N) is 1. The molecule has 1 fully saturated rings. The van der Waals surface area contributed by atoms with Crippen LogP contribution in [0.3, 0.4) is 0 Å². The fourth-order valence-electron chi connectivity index (χ4n) is 1.62. The van der Waals surface area contributed by atoms with Gasteiger partial charge in [-0.15, -0.1) is 24.0 Å². The number of hydrogen-bond donors (Lipinski definition) is 2. The van der Waals surface area contributed by atoms with Gasteiger partial charge in [-0.05, 0) is 33.6 Å². The summed E-state index contributed by atoms with van der Waals surface area (Å²) in [4.78, 5) is 4.22. The molecule has 1 saturated heterocycles. The first-order valence-electron chi connectivity index (χ1n) is 6.43. The van der Waals surface area contributed by atoms with Gasteiger partial charge in [-0.2, -0.15) is 0 Å². The summed E-state index contributed by atoms with van der Waals surface area (Å²) in [6, 6.07) is 0. The van der Waals surface area contributed by atoms with E-state index >= 15 is 0 Å². The van der Waals surface area contributed by atoms with E-state index in [-0.39, 0.29) is 34.8 Å². The number of hydrogen-bond acceptors (Lipinski definition) is 3. The zero-order valence-corrected chi connectivity index (χ0v) is 15.1. The van der Waals surface area contributed by atoms with Crippen LogP contribution in [0.2, 0.25) is 0 Å². The Kier molecular flexibility index (Phi) is 9.17. The van der Waals surface area contributed by atoms with E-state index in [2.05, 4.69) is 10.3 Å². The van der Waals surface area contributed by atoms with Crippen LogP contribution >= 0.6 is 24.0 Å². The number of aliphatic imine (C=N–C) groups is 1. The fraction of sp³-hybridized carbons (Fsp3) is 0.917. The van der Waals surface area contributed by atoms with E-state index < -0.39 is 10.8 Å². The molecular formula is C12H26IN3O2S. The molecule has 1 aliphatic rings. The lowest BCUT2D eigenvalue weighted by atomic mass is 10.2. The summed E-state index contributed by atoms with van der Waals surface area (Å²) >= 11 is 0. The van der Waals surface area contributed by atoms with Gasteiger partial charge in [-0.3, -0.25) is 9.20 Å². The Hall–Kier alpha value is 0.110. The molecule has 19 heavy (non-hydrogen) atoms. The number of rotatable bonds is 5. The molecule has 0 amide bonds. The minimum absolute atomic E-state index is 0. The highest BCUT2D eigenvalue weighted by Crippen LogP contribution is 2.12. The molecule has 1 heterocycles. The summed E-state index contributed by atoms with van der Waals surface area (Å²) in [5.74, 6) is 0.996. The van der Waals surface area contributed by atoms with Crippen LogP contribution in [-0.2, 0) is 15.5 Å². The van der Waals surface area contributed by atoms with E-state index in [9.17, 15) is 4.21 Å². The maximum absolute atomic E-state index is 11.8. The molecule has 0 aromatic rings. The SMILES string of the molecule is CC(C)(C)S(=O)CCNC(N)=NCC1CCCO1.I. The predicted molar refractivity (Wildman–Crippen MR) is 91.6 cm³/mol. The first-order valence-corrected chi connectivity index (χ1v) is 7.75. The zero-order valence-electron chi connectivity index (χ0n) is 12.0. The second-order valence-electron chi connectivity index (χ2n) is 5.45. The molecule has 0 spiro atoms. The van der Waals surface area contributed by atoms with Gasteiger partial charge >= 0.3 is 0 Å². The van der Waals surface area contributed by atoms with Crippen molar-refractivity contribution in [2.24, 2.45) is 10.7 Å². The third-order valence-corrected chi connectivity index (χ3v) is 4.71. The van der Waals surface area contributed by atoms with Gasteiger partial charge in [0.2, 0.25) is 0 Å². The second kappa shape index (κ2) is 9.12. The average molecular weight is 403 g/mol. The average Bonchev–Trinajstić information content (AvgIpc) is 2.77. The molecule has 1 aliphatic heterocycles. The van der Waals surface area contributed by atoms with Gasteiger partial charge in [0.05, 0.1) is 12.6 Å². The van der Waals surface area contributed by atoms with E-state index in [1.807, 2.05) is 20.8 Å². The van der Waals surface area contributed by atoms with Crippen LogP contribution in [0.1, 0.15) is 33.6 Å². The molecule has 1 rings (SSSR count). The molecule has 0 saturated carbocycles. The monoisotopic (exact) mass is 403 g/mol. The summed E-state index contributed by atoms with van der Waals surface area (Å²) in [7, 11) is -0.857. The van der Waals surface area contributed by atoms with Crippen molar-refractivity contribution < 1.29 is 8.95 Å². The maximum atomic E-state index is 11.8. The summed E-state index contributed by atoms with van der Waals surface area (Å²) in [5.41, 5.74) is 5.73. The van der Waals surface area contributed by atoms with Gasteiger partial charge in [0.1, 0.15) is 0 Å². The van der Waals surface area contributed by atoms with E-state index in [1.165, 1.54) is 0 Å². The standard InChI is InChI=1S/C12H25N3O2S.HI/c1-12(2,3)18(16)8-6-14-11(13)15-9-10-5-4-7-17-10;/h10H,4-9H2,1-3H3,(H3,13,14,15);1H. The van der Waals surface area contributed by atoms with Crippen LogP contribution in [0.25, 0.3) is 0 Å². The first-order chi connectivity index (χ1) is 8.39. The normalized spacial score (nSPS) is 21.8. The molecule has 5 nitrogen and oxygen atoms in total. The van der Waals surface area contributed by atoms with Crippen molar-refractivity contribution in [2.45, 2.75) is 44.5 Å². The highest BCUT2D eigenvalue weighted by Gasteiger charge is 2.18. The van der Waals surface area contributed by atoms with Crippen LogP contribution in [0.5, 0.6) is 0 Å². The lowest BCUT2D eigenvalue weighted by molar-refractivity contribution is 0.118. The van der Waals surface area contributed by atoms with E-state index in [0.717, 1.165) is 19.4 Å². The van der Waals surface area contributed by atoms with Gasteiger partial charge in [-0.1, -0.05) is 0 Å². The minimum Gasteiger partial charge on any atom is -0.376 e. The Labute approximate surface area is 135 Å². The van der Waals surface area contributed by atoms with Crippen molar-refractivity contribution in [1.82, 2.24) is 5.32 Å². The third kappa shape index (κ3) is 8.09. The lowest BCUT2D eigenvalue weighted by Gasteiger charge is -2.17. The molecule has 0 bridgehead atoms. The number of nitrogens with two attached hydrogens (primary N) is 1. The molecule has 3 N–H and O–H groups in total. The number of guanidine groups is 1. The van der Waals surface area contributed by atoms with Gasteiger partial charge in [-0.25, -0.2) is 0 Å². The highest BCUT2D eigenvalue weighted by molar-refractivity contribution is 14.0. The van der Waals surface area contributed by atoms with Gasteiger partial charge in [0.25, 0.3) is 0 Å². The summed E-state index contributed by atoms with van der Waals surface area (Å²) in [6.45, 7) is 7.94. The maximum Gasteiger partial charge on any atom is 0.188 e. The van der Waals surface area contributed by atoms with E-state index in [1.54, 1.807) is 0 Å². The van der Waals surface area contributed by atoms with Crippen LogP contribution in [0, 0.1) is 0 Å². The topological polar surface area (TPSA) is 76.7 Å². The molecule has 114 valence electrons. The molecule has 0 aromatic carbocycles. The van der Waals surface area contributed by atoms with E-state index in [0.29, 0.717) is 24.8 Å². The Bertz CT molecular complexity index is 313. The van der Waals surface area contributed by atoms with Crippen molar-refractivity contribution in [2.75, 3.05) is 25.4 Å². The molecule has 0 aliphatic carbocycles. The van der Waals surface area contributed by atoms with Crippen LogP contribution < -0.4 is 11.1 Å². The Morgan fingerprint density at radius 2 is 2.21 bits per heavy atom. The van der Waals surface area contributed by atoms with Gasteiger partial charge < -0.3 is 15.8 Å². The molecule has 7 heteroatoms. The fourth-order valence-corrected chi connectivity index (χ4v) is 2.52. The molecule has 2 atom stereocenters. The van der Waals surface area contributed by atoms with Crippen LogP contribution in [0.4, 0.5) is 0 Å². The summed E-state index contributed by atoms with van der Waals surface area (Å²) in [5, 5.41) is 2.99. The molecule has 0 radical (unpaired) electrons. The Morgan fingerprint density at radius 3 is 2.74 bits per heavy atom. The zero-order chi connectivity index (χ0) is 13.6. The van der Waals surface area contributed by atoms with Gasteiger partial charge in [0.15, 0.2) is 5.96 Å².